The first-order valence-corrected chi connectivity index (χ1v) is 11.7. The van der Waals surface area contributed by atoms with Gasteiger partial charge in [0.15, 0.2) is 0 Å². The number of para-hydroxylation sites is 1. The number of carbonyl (C=O) groups excluding carboxylic acids is 3. The molecule has 1 N–H and O–H groups in total. The highest BCUT2D eigenvalue weighted by atomic mass is 16.2. The first kappa shape index (κ1) is 21.9. The number of hydrogen-bond acceptors (Lipinski definition) is 3. The second-order valence-corrected chi connectivity index (χ2v) is 8.97. The number of nitrogens with zero attached hydrogens (tertiary/aromatic N) is 2. The van der Waals surface area contributed by atoms with Gasteiger partial charge in [-0.3, -0.25) is 14.4 Å². The van der Waals surface area contributed by atoms with E-state index in [0.29, 0.717) is 42.9 Å². The van der Waals surface area contributed by atoms with E-state index < -0.39 is 6.04 Å². The molecule has 0 unspecified atom stereocenters. The van der Waals surface area contributed by atoms with Crippen molar-refractivity contribution in [2.45, 2.75) is 38.9 Å². The van der Waals surface area contributed by atoms with Gasteiger partial charge in [0.1, 0.15) is 6.04 Å². The Morgan fingerprint density at radius 2 is 1.76 bits per heavy atom. The molecule has 0 aliphatic carbocycles. The highest BCUT2D eigenvalue weighted by Crippen LogP contribution is 2.33. The van der Waals surface area contributed by atoms with Crippen molar-refractivity contribution in [2.75, 3.05) is 11.4 Å². The van der Waals surface area contributed by atoms with Crippen molar-refractivity contribution in [1.82, 2.24) is 10.2 Å². The van der Waals surface area contributed by atoms with Gasteiger partial charge in [-0.1, -0.05) is 54.1 Å². The van der Waals surface area contributed by atoms with E-state index in [4.69, 9.17) is 0 Å². The Morgan fingerprint density at radius 3 is 2.56 bits per heavy atom. The number of nitrogens with one attached hydrogen (secondary N) is 1. The molecule has 0 radical (unpaired) electrons. The number of aryl methyl sites for hydroxylation is 1. The Balaban J connectivity index is 1.33. The topological polar surface area (TPSA) is 69.7 Å². The van der Waals surface area contributed by atoms with Crippen LogP contribution in [0.1, 0.15) is 50.2 Å². The molecule has 0 saturated carbocycles. The van der Waals surface area contributed by atoms with Crippen LogP contribution in [0.4, 0.5) is 5.69 Å². The second kappa shape index (κ2) is 9.14. The van der Waals surface area contributed by atoms with Crippen LogP contribution in [0.15, 0.2) is 72.8 Å². The summed E-state index contributed by atoms with van der Waals surface area (Å²) in [6.45, 7) is 3.45. The van der Waals surface area contributed by atoms with Crippen LogP contribution in [-0.2, 0) is 17.9 Å². The van der Waals surface area contributed by atoms with Gasteiger partial charge in [-0.05, 0) is 55.2 Å². The van der Waals surface area contributed by atoms with E-state index in [2.05, 4.69) is 11.4 Å². The van der Waals surface area contributed by atoms with Crippen LogP contribution in [0.25, 0.3) is 0 Å². The van der Waals surface area contributed by atoms with E-state index in [9.17, 15) is 14.4 Å². The molecule has 6 heteroatoms. The van der Waals surface area contributed by atoms with Crippen molar-refractivity contribution in [2.24, 2.45) is 0 Å². The van der Waals surface area contributed by atoms with E-state index in [1.807, 2.05) is 55.5 Å². The van der Waals surface area contributed by atoms with Crippen molar-refractivity contribution in [3.8, 4) is 0 Å². The summed E-state index contributed by atoms with van der Waals surface area (Å²) in [6.07, 6.45) is 1.53. The molecule has 6 nitrogen and oxygen atoms in total. The molecule has 34 heavy (non-hydrogen) atoms. The molecular formula is C28H27N3O3. The minimum Gasteiger partial charge on any atom is -0.348 e. The number of amides is 3. The van der Waals surface area contributed by atoms with Crippen LogP contribution in [0.2, 0.25) is 0 Å². The van der Waals surface area contributed by atoms with E-state index in [1.54, 1.807) is 28.0 Å². The maximum absolute atomic E-state index is 13.4. The van der Waals surface area contributed by atoms with Crippen LogP contribution in [0, 0.1) is 6.92 Å². The lowest BCUT2D eigenvalue weighted by Crippen LogP contribution is -2.44. The van der Waals surface area contributed by atoms with E-state index in [1.165, 1.54) is 0 Å². The first-order valence-electron chi connectivity index (χ1n) is 11.7. The molecule has 0 spiro atoms. The van der Waals surface area contributed by atoms with Crippen LogP contribution in [0.3, 0.4) is 0 Å². The summed E-state index contributed by atoms with van der Waals surface area (Å²) < 4.78 is 0. The molecule has 5 rings (SSSR count). The molecular weight excluding hydrogens is 426 g/mol. The summed E-state index contributed by atoms with van der Waals surface area (Å²) in [5.41, 5.74) is 4.88. The Hall–Kier alpha value is -3.93. The van der Waals surface area contributed by atoms with Crippen LogP contribution >= 0.6 is 0 Å². The lowest BCUT2D eigenvalue weighted by Gasteiger charge is -2.26. The molecule has 2 aliphatic rings. The summed E-state index contributed by atoms with van der Waals surface area (Å²) in [4.78, 5) is 42.5. The molecule has 2 heterocycles. The Bertz CT molecular complexity index is 1250. The zero-order valence-corrected chi connectivity index (χ0v) is 19.2. The fraction of sp³-hybridized carbons (Fsp3) is 0.250. The number of anilines is 1. The monoisotopic (exact) mass is 453 g/mol. The zero-order valence-electron chi connectivity index (χ0n) is 19.2. The Labute approximate surface area is 199 Å². The smallest absolute Gasteiger partial charge is 0.256 e. The molecule has 3 aromatic carbocycles. The molecule has 1 atom stereocenters. The summed E-state index contributed by atoms with van der Waals surface area (Å²) >= 11 is 0. The van der Waals surface area contributed by atoms with E-state index in [0.717, 1.165) is 23.1 Å². The average molecular weight is 454 g/mol. The van der Waals surface area contributed by atoms with Gasteiger partial charge in [0.05, 0.1) is 17.8 Å². The second-order valence-electron chi connectivity index (χ2n) is 8.97. The minimum absolute atomic E-state index is 0.0456. The van der Waals surface area contributed by atoms with Crippen molar-refractivity contribution in [1.29, 1.82) is 0 Å². The molecule has 3 amide bonds. The van der Waals surface area contributed by atoms with Gasteiger partial charge in [0.25, 0.3) is 11.8 Å². The van der Waals surface area contributed by atoms with Crippen molar-refractivity contribution in [3.05, 3.63) is 101 Å². The predicted molar refractivity (Wildman–Crippen MR) is 130 cm³/mol. The summed E-state index contributed by atoms with van der Waals surface area (Å²) in [5.74, 6) is -0.262. The van der Waals surface area contributed by atoms with Gasteiger partial charge < -0.3 is 15.1 Å². The predicted octanol–water partition coefficient (Wildman–Crippen LogP) is 4.08. The van der Waals surface area contributed by atoms with Gasteiger partial charge >= 0.3 is 0 Å². The molecule has 2 aliphatic heterocycles. The number of rotatable bonds is 5. The fourth-order valence-corrected chi connectivity index (χ4v) is 4.82. The molecule has 172 valence electrons. The van der Waals surface area contributed by atoms with Crippen LogP contribution in [-0.4, -0.2) is 35.2 Å². The van der Waals surface area contributed by atoms with Crippen molar-refractivity contribution < 1.29 is 14.4 Å². The van der Waals surface area contributed by atoms with E-state index >= 15 is 0 Å². The van der Waals surface area contributed by atoms with Gasteiger partial charge in [-0.2, -0.15) is 0 Å². The average Bonchev–Trinajstić information content (AvgIpc) is 3.33. The van der Waals surface area contributed by atoms with Crippen LogP contribution < -0.4 is 10.2 Å². The fourth-order valence-electron chi connectivity index (χ4n) is 4.82. The van der Waals surface area contributed by atoms with Gasteiger partial charge in [-0.25, -0.2) is 0 Å². The minimum atomic E-state index is -0.411. The number of carbonyl (C=O) groups is 3. The maximum Gasteiger partial charge on any atom is 0.256 e. The summed E-state index contributed by atoms with van der Waals surface area (Å²) in [7, 11) is 0. The first-order chi connectivity index (χ1) is 16.5. The molecule has 3 aromatic rings. The third-order valence-corrected chi connectivity index (χ3v) is 6.58. The summed E-state index contributed by atoms with van der Waals surface area (Å²) in [6, 6.07) is 22.2. The van der Waals surface area contributed by atoms with Crippen LogP contribution in [0.5, 0.6) is 0 Å². The normalized spacial score (nSPS) is 17.3. The van der Waals surface area contributed by atoms with E-state index in [-0.39, 0.29) is 17.7 Å². The summed E-state index contributed by atoms with van der Waals surface area (Å²) in [5, 5.41) is 2.96. The largest absolute Gasteiger partial charge is 0.348 e. The quantitative estimate of drug-likeness (QED) is 0.633. The van der Waals surface area contributed by atoms with Crippen molar-refractivity contribution >= 4 is 23.4 Å². The van der Waals surface area contributed by atoms with Gasteiger partial charge in [0.2, 0.25) is 5.91 Å². The number of benzene rings is 3. The molecule has 0 aromatic heterocycles. The van der Waals surface area contributed by atoms with Crippen molar-refractivity contribution in [3.63, 3.8) is 0 Å². The Kier molecular flexibility index (Phi) is 5.88. The molecule has 1 saturated heterocycles. The molecule has 1 fully saturated rings. The zero-order chi connectivity index (χ0) is 23.7. The SMILES string of the molecule is Cc1cccc(CNC(=O)c2ccc(CN3C(=O)[C@@H]4CCCN4C(=O)c4ccccc43)cc2)c1. The number of fused-ring (bicyclic) bond motifs is 2. The number of hydrogen-bond donors (Lipinski definition) is 1. The third-order valence-electron chi connectivity index (χ3n) is 6.58. The van der Waals surface area contributed by atoms with Gasteiger partial charge in [-0.15, -0.1) is 0 Å². The van der Waals surface area contributed by atoms with Gasteiger partial charge in [0, 0.05) is 18.7 Å². The molecule has 0 bridgehead atoms. The lowest BCUT2D eigenvalue weighted by molar-refractivity contribution is -0.122. The highest BCUT2D eigenvalue weighted by molar-refractivity contribution is 6.11. The third kappa shape index (κ3) is 4.19. The maximum atomic E-state index is 13.4. The highest BCUT2D eigenvalue weighted by Gasteiger charge is 2.41. The standard InChI is InChI=1S/C28H27N3O3/c1-19-6-4-7-21(16-19)17-29-26(32)22-13-11-20(12-14-22)18-31-24-9-3-2-8-23(24)27(33)30-15-5-10-25(30)28(31)34/h2-4,6-9,11-14,16,25H,5,10,15,17-18H2,1H3,(H,29,32)/t25-/m0/s1. The lowest BCUT2D eigenvalue weighted by atomic mass is 10.1. The Morgan fingerprint density at radius 1 is 0.971 bits per heavy atom.